The molecule has 9 nitrogen and oxygen atoms in total. The van der Waals surface area contributed by atoms with Gasteiger partial charge in [0.05, 0.1) is 10.7 Å². The topological polar surface area (TPSA) is 123 Å². The van der Waals surface area contributed by atoms with Gasteiger partial charge in [0.2, 0.25) is 11.7 Å². The summed E-state index contributed by atoms with van der Waals surface area (Å²) < 4.78 is 39.9. The molecule has 2 N–H and O–H groups in total. The molecule has 0 atom stereocenters. The van der Waals surface area contributed by atoms with Crippen LogP contribution in [-0.2, 0) is 17.8 Å². The Morgan fingerprint density at radius 1 is 1.44 bits per heavy atom. The van der Waals surface area contributed by atoms with Gasteiger partial charge in [0.1, 0.15) is 11.5 Å². The van der Waals surface area contributed by atoms with Crippen molar-refractivity contribution in [2.75, 3.05) is 0 Å². The van der Waals surface area contributed by atoms with E-state index in [1.165, 1.54) is 0 Å². The number of H-pyrrole nitrogens is 1. The van der Waals surface area contributed by atoms with Gasteiger partial charge in [-0.1, -0.05) is 5.16 Å². The molecule has 0 aromatic carbocycles. The molecule has 0 radical (unpaired) electrons. The van der Waals surface area contributed by atoms with E-state index in [1.54, 1.807) is 12.4 Å². The predicted molar refractivity (Wildman–Crippen MR) is 88.6 cm³/mol. The number of imidazole rings is 1. The quantitative estimate of drug-likeness (QED) is 0.612. The molecule has 0 aliphatic carbocycles. The standard InChI is InChI=1S/C12H13BrN6O.C2HF3O2/c1-8-14-4-6-19(8)5-2-3-10-16-12(18-20-10)11-9(13)7-15-17-11;3-2(4,5)1(6)7/h4,6-7H,2-3,5H2,1H3,(H,15,17);(H,6,7). The largest absolute Gasteiger partial charge is 0.490 e. The number of nitrogens with zero attached hydrogens (tertiary/aromatic N) is 5. The number of alkyl halides is 3. The van der Waals surface area contributed by atoms with Crippen LogP contribution >= 0.6 is 15.9 Å². The lowest BCUT2D eigenvalue weighted by molar-refractivity contribution is -0.192. The van der Waals surface area contributed by atoms with Gasteiger partial charge in [0, 0.05) is 25.4 Å². The highest BCUT2D eigenvalue weighted by atomic mass is 79.9. The van der Waals surface area contributed by atoms with Gasteiger partial charge >= 0.3 is 12.1 Å². The molecule has 3 heterocycles. The van der Waals surface area contributed by atoms with E-state index in [4.69, 9.17) is 14.4 Å². The Morgan fingerprint density at radius 2 is 2.15 bits per heavy atom. The van der Waals surface area contributed by atoms with Crippen molar-refractivity contribution in [1.82, 2.24) is 29.9 Å². The monoisotopic (exact) mass is 450 g/mol. The fourth-order valence-corrected chi connectivity index (χ4v) is 2.30. The Balaban J connectivity index is 0.000000321. The SMILES string of the molecule is Cc1nccn1CCCc1nc(-c2[nH]ncc2Br)no1.O=C(O)C(F)(F)F. The summed E-state index contributed by atoms with van der Waals surface area (Å²) in [6, 6.07) is 0. The first kappa shape index (κ1) is 20.6. The van der Waals surface area contributed by atoms with E-state index >= 15 is 0 Å². The van der Waals surface area contributed by atoms with E-state index in [1.807, 2.05) is 13.1 Å². The van der Waals surface area contributed by atoms with Gasteiger partial charge < -0.3 is 14.2 Å². The first-order chi connectivity index (χ1) is 12.7. The van der Waals surface area contributed by atoms with Crippen molar-refractivity contribution in [1.29, 1.82) is 0 Å². The number of carboxylic acids is 1. The number of carboxylic acid groups (broad SMARTS) is 1. The second-order valence-electron chi connectivity index (χ2n) is 5.18. The second kappa shape index (κ2) is 8.79. The lowest BCUT2D eigenvalue weighted by atomic mass is 10.3. The smallest absolute Gasteiger partial charge is 0.475 e. The van der Waals surface area contributed by atoms with Gasteiger partial charge in [-0.15, -0.1) is 0 Å². The Hall–Kier alpha value is -2.70. The molecule has 146 valence electrons. The van der Waals surface area contributed by atoms with Crippen LogP contribution in [-0.4, -0.2) is 47.1 Å². The van der Waals surface area contributed by atoms with E-state index in [2.05, 4.69) is 45.8 Å². The summed E-state index contributed by atoms with van der Waals surface area (Å²) in [6.07, 6.45) is 2.00. The number of aromatic nitrogens is 6. The van der Waals surface area contributed by atoms with E-state index < -0.39 is 12.1 Å². The van der Waals surface area contributed by atoms with Gasteiger partial charge in [0.15, 0.2) is 0 Å². The summed E-state index contributed by atoms with van der Waals surface area (Å²) in [5.74, 6) is -0.604. The summed E-state index contributed by atoms with van der Waals surface area (Å²) in [7, 11) is 0. The molecule has 3 aromatic heterocycles. The first-order valence-electron chi connectivity index (χ1n) is 7.48. The minimum absolute atomic E-state index is 0.517. The molecule has 0 saturated carbocycles. The summed E-state index contributed by atoms with van der Waals surface area (Å²) in [4.78, 5) is 17.4. The number of aryl methyl sites for hydroxylation is 3. The van der Waals surface area contributed by atoms with Crippen LogP contribution in [0.5, 0.6) is 0 Å². The molecule has 3 rings (SSSR count). The number of nitrogens with one attached hydrogen (secondary N) is 1. The molecule has 0 saturated heterocycles. The number of halogens is 4. The summed E-state index contributed by atoms with van der Waals surface area (Å²) in [5.41, 5.74) is 0.727. The molecule has 3 aromatic rings. The lowest BCUT2D eigenvalue weighted by Crippen LogP contribution is -2.21. The lowest BCUT2D eigenvalue weighted by Gasteiger charge is -2.02. The zero-order valence-electron chi connectivity index (χ0n) is 13.9. The van der Waals surface area contributed by atoms with Gasteiger partial charge in [0.25, 0.3) is 0 Å². The van der Waals surface area contributed by atoms with Crippen LogP contribution in [0.4, 0.5) is 13.2 Å². The summed E-state index contributed by atoms with van der Waals surface area (Å²) in [5, 5.41) is 17.8. The normalized spacial score (nSPS) is 11.1. The van der Waals surface area contributed by atoms with Gasteiger partial charge in [-0.05, 0) is 29.3 Å². The Labute approximate surface area is 158 Å². The Bertz CT molecular complexity index is 889. The number of aliphatic carboxylic acids is 1. The van der Waals surface area contributed by atoms with Crippen molar-refractivity contribution in [3.8, 4) is 11.5 Å². The third kappa shape index (κ3) is 5.91. The Kier molecular flexibility index (Phi) is 6.71. The summed E-state index contributed by atoms with van der Waals surface area (Å²) in [6.45, 7) is 2.87. The molecule has 0 aliphatic rings. The average Bonchev–Trinajstić information content (AvgIpc) is 3.29. The molecule has 0 unspecified atom stereocenters. The molecular formula is C14H14BrF3N6O3. The van der Waals surface area contributed by atoms with Crippen LogP contribution in [0.15, 0.2) is 27.6 Å². The highest BCUT2D eigenvalue weighted by Crippen LogP contribution is 2.22. The molecule has 27 heavy (non-hydrogen) atoms. The molecule has 13 heteroatoms. The number of hydrogen-bond acceptors (Lipinski definition) is 6. The van der Waals surface area contributed by atoms with E-state index in [9.17, 15) is 13.2 Å². The molecule has 0 spiro atoms. The maximum absolute atomic E-state index is 10.6. The van der Waals surface area contributed by atoms with Gasteiger partial charge in [-0.25, -0.2) is 9.78 Å². The summed E-state index contributed by atoms with van der Waals surface area (Å²) >= 11 is 3.37. The number of aromatic amines is 1. The van der Waals surface area contributed by atoms with Crippen molar-refractivity contribution >= 4 is 21.9 Å². The van der Waals surface area contributed by atoms with Gasteiger partial charge in [-0.2, -0.15) is 23.3 Å². The minimum atomic E-state index is -5.08. The first-order valence-corrected chi connectivity index (χ1v) is 8.27. The number of rotatable bonds is 5. The third-order valence-electron chi connectivity index (χ3n) is 3.24. The highest BCUT2D eigenvalue weighted by molar-refractivity contribution is 9.10. The maximum Gasteiger partial charge on any atom is 0.490 e. The van der Waals surface area contributed by atoms with Crippen molar-refractivity contribution in [2.45, 2.75) is 32.5 Å². The fourth-order valence-electron chi connectivity index (χ4n) is 1.93. The van der Waals surface area contributed by atoms with Crippen molar-refractivity contribution in [3.63, 3.8) is 0 Å². The Morgan fingerprint density at radius 3 is 2.67 bits per heavy atom. The van der Waals surface area contributed by atoms with Crippen LogP contribution in [0.1, 0.15) is 18.1 Å². The average molecular weight is 451 g/mol. The van der Waals surface area contributed by atoms with Crippen molar-refractivity contribution < 1.29 is 27.6 Å². The van der Waals surface area contributed by atoms with Crippen molar-refractivity contribution in [3.05, 3.63) is 34.8 Å². The molecule has 0 fully saturated rings. The van der Waals surface area contributed by atoms with Crippen LogP contribution in [0, 0.1) is 6.92 Å². The molecular weight excluding hydrogens is 437 g/mol. The van der Waals surface area contributed by atoms with E-state index in [-0.39, 0.29) is 0 Å². The zero-order valence-corrected chi connectivity index (χ0v) is 15.5. The maximum atomic E-state index is 10.6. The van der Waals surface area contributed by atoms with Gasteiger partial charge in [-0.3, -0.25) is 5.10 Å². The van der Waals surface area contributed by atoms with Crippen LogP contribution in [0.25, 0.3) is 11.5 Å². The van der Waals surface area contributed by atoms with Crippen LogP contribution in [0.3, 0.4) is 0 Å². The number of hydrogen-bond donors (Lipinski definition) is 2. The fraction of sp³-hybridized carbons (Fsp3) is 0.357. The van der Waals surface area contributed by atoms with E-state index in [0.29, 0.717) is 11.7 Å². The predicted octanol–water partition coefficient (Wildman–Crippen LogP) is 2.99. The second-order valence-corrected chi connectivity index (χ2v) is 6.03. The van der Waals surface area contributed by atoms with E-state index in [0.717, 1.165) is 35.4 Å². The molecule has 0 bridgehead atoms. The molecule has 0 aliphatic heterocycles. The van der Waals surface area contributed by atoms with Crippen molar-refractivity contribution in [2.24, 2.45) is 0 Å². The zero-order chi connectivity index (χ0) is 20.0. The minimum Gasteiger partial charge on any atom is -0.475 e. The van der Waals surface area contributed by atoms with Crippen LogP contribution < -0.4 is 0 Å². The highest BCUT2D eigenvalue weighted by Gasteiger charge is 2.38. The molecule has 0 amide bonds. The number of carbonyl (C=O) groups is 1. The third-order valence-corrected chi connectivity index (χ3v) is 3.84. The van der Waals surface area contributed by atoms with Crippen LogP contribution in [0.2, 0.25) is 0 Å².